The van der Waals surface area contributed by atoms with Gasteiger partial charge in [0, 0.05) is 5.69 Å². The van der Waals surface area contributed by atoms with Gasteiger partial charge < -0.3 is 0 Å². The van der Waals surface area contributed by atoms with E-state index >= 15 is 0 Å². The second kappa shape index (κ2) is 3.86. The number of rotatable bonds is 3. The van der Waals surface area contributed by atoms with Gasteiger partial charge in [-0.2, -0.15) is 10.3 Å². The summed E-state index contributed by atoms with van der Waals surface area (Å²) in [6, 6.07) is 6.05. The van der Waals surface area contributed by atoms with Crippen molar-refractivity contribution in [3.8, 4) is 10.6 Å². The summed E-state index contributed by atoms with van der Waals surface area (Å²) in [5.74, 6) is 0.654. The zero-order valence-electron chi connectivity index (χ0n) is 8.21. The lowest BCUT2D eigenvalue weighted by Crippen LogP contribution is -1.91. The van der Waals surface area contributed by atoms with Crippen LogP contribution in [0.5, 0.6) is 0 Å². The first-order valence-electron chi connectivity index (χ1n) is 4.72. The van der Waals surface area contributed by atoms with Gasteiger partial charge in [-0.3, -0.25) is 5.10 Å². The van der Waals surface area contributed by atoms with Gasteiger partial charge in [-0.1, -0.05) is 11.3 Å². The van der Waals surface area contributed by atoms with Crippen molar-refractivity contribution < 1.29 is 0 Å². The van der Waals surface area contributed by atoms with E-state index in [1.165, 1.54) is 0 Å². The van der Waals surface area contributed by atoms with Gasteiger partial charge in [0.15, 0.2) is 5.82 Å². The van der Waals surface area contributed by atoms with E-state index in [9.17, 15) is 0 Å². The number of tetrazole rings is 1. The molecule has 3 aromatic rings. The van der Waals surface area contributed by atoms with Crippen molar-refractivity contribution in [2.75, 3.05) is 0 Å². The van der Waals surface area contributed by atoms with Crippen molar-refractivity contribution in [2.45, 2.75) is 6.42 Å². The van der Waals surface area contributed by atoms with Crippen LogP contribution in [0, 0.1) is 0 Å². The molecule has 0 unspecified atom stereocenters. The maximum atomic E-state index is 4.24. The van der Waals surface area contributed by atoms with Crippen molar-refractivity contribution in [1.29, 1.82) is 0 Å². The molecule has 0 saturated carbocycles. The molecule has 0 aliphatic carbocycles. The Balaban J connectivity index is 1.83. The highest BCUT2D eigenvalue weighted by Gasteiger charge is 2.07. The van der Waals surface area contributed by atoms with Gasteiger partial charge in [-0.05, 0) is 17.5 Å². The van der Waals surface area contributed by atoms with Crippen LogP contribution in [0.15, 0.2) is 23.6 Å². The highest BCUT2D eigenvalue weighted by Crippen LogP contribution is 2.23. The fourth-order valence-corrected chi connectivity index (χ4v) is 2.12. The van der Waals surface area contributed by atoms with Crippen LogP contribution in [0.4, 0.5) is 0 Å². The molecule has 80 valence electrons. The highest BCUT2D eigenvalue weighted by molar-refractivity contribution is 7.13. The minimum Gasteiger partial charge on any atom is -0.281 e. The molecule has 3 rings (SSSR count). The van der Waals surface area contributed by atoms with Crippen LogP contribution in [0.2, 0.25) is 0 Å². The summed E-state index contributed by atoms with van der Waals surface area (Å²) < 4.78 is 0. The summed E-state index contributed by atoms with van der Waals surface area (Å²) in [4.78, 5) is 1.15. The van der Waals surface area contributed by atoms with E-state index in [4.69, 9.17) is 0 Å². The van der Waals surface area contributed by atoms with Gasteiger partial charge in [0.1, 0.15) is 5.69 Å². The fraction of sp³-hybridized carbons (Fsp3) is 0.111. The van der Waals surface area contributed by atoms with Crippen LogP contribution in [0.3, 0.4) is 0 Å². The van der Waals surface area contributed by atoms with Crippen LogP contribution < -0.4 is 0 Å². The van der Waals surface area contributed by atoms with Gasteiger partial charge in [0.25, 0.3) is 0 Å². The number of aromatic amines is 2. The van der Waals surface area contributed by atoms with Gasteiger partial charge in [-0.15, -0.1) is 21.5 Å². The molecule has 0 atom stereocenters. The Hall–Kier alpha value is -2.02. The van der Waals surface area contributed by atoms with Crippen LogP contribution >= 0.6 is 11.3 Å². The fourth-order valence-electron chi connectivity index (χ4n) is 1.43. The number of aromatic nitrogens is 6. The Morgan fingerprint density at radius 1 is 1.31 bits per heavy atom. The molecule has 7 heteroatoms. The molecule has 0 amide bonds. The first-order valence-corrected chi connectivity index (χ1v) is 5.60. The predicted octanol–water partition coefficient (Wildman–Crippen LogP) is 1.24. The van der Waals surface area contributed by atoms with Crippen molar-refractivity contribution in [3.05, 3.63) is 35.1 Å². The van der Waals surface area contributed by atoms with Gasteiger partial charge in [-0.25, -0.2) is 0 Å². The zero-order chi connectivity index (χ0) is 10.8. The normalized spacial score (nSPS) is 10.8. The number of H-pyrrole nitrogens is 2. The van der Waals surface area contributed by atoms with E-state index in [1.54, 1.807) is 11.3 Å². The summed E-state index contributed by atoms with van der Waals surface area (Å²) >= 11 is 1.67. The number of hydrogen-bond donors (Lipinski definition) is 2. The maximum absolute atomic E-state index is 4.24. The minimum atomic E-state index is 0.606. The topological polar surface area (TPSA) is 83.1 Å². The Labute approximate surface area is 94.7 Å². The largest absolute Gasteiger partial charge is 0.281 e. The molecular weight excluding hydrogens is 224 g/mol. The van der Waals surface area contributed by atoms with E-state index in [1.807, 2.05) is 23.6 Å². The standard InChI is InChI=1S/C9H8N6S/c1-2-8(16-3-1)7-4-6(10-11-7)5-9-12-14-15-13-9/h1-4H,5H2,(H,10,11)(H,12,13,14,15). The molecule has 3 heterocycles. The summed E-state index contributed by atoms with van der Waals surface area (Å²) in [6.07, 6.45) is 0.606. The van der Waals surface area contributed by atoms with Crippen molar-refractivity contribution in [1.82, 2.24) is 30.8 Å². The smallest absolute Gasteiger partial charge is 0.180 e. The predicted molar refractivity (Wildman–Crippen MR) is 58.9 cm³/mol. The van der Waals surface area contributed by atoms with E-state index in [2.05, 4.69) is 30.8 Å². The summed E-state index contributed by atoms with van der Waals surface area (Å²) in [6.45, 7) is 0. The van der Waals surface area contributed by atoms with Gasteiger partial charge >= 0.3 is 0 Å². The summed E-state index contributed by atoms with van der Waals surface area (Å²) in [5.41, 5.74) is 1.93. The molecule has 0 aromatic carbocycles. The first-order chi connectivity index (χ1) is 7.92. The molecule has 3 aromatic heterocycles. The molecule has 0 saturated heterocycles. The average Bonchev–Trinajstić information content (AvgIpc) is 2.99. The van der Waals surface area contributed by atoms with Crippen molar-refractivity contribution in [3.63, 3.8) is 0 Å². The average molecular weight is 232 g/mol. The molecule has 0 aliphatic heterocycles. The minimum absolute atomic E-state index is 0.606. The Kier molecular flexibility index (Phi) is 2.22. The number of thiophene rings is 1. The monoisotopic (exact) mass is 232 g/mol. The number of hydrogen-bond acceptors (Lipinski definition) is 5. The molecule has 0 spiro atoms. The van der Waals surface area contributed by atoms with Crippen molar-refractivity contribution >= 4 is 11.3 Å². The third-order valence-electron chi connectivity index (χ3n) is 2.14. The zero-order valence-corrected chi connectivity index (χ0v) is 9.03. The van der Waals surface area contributed by atoms with Gasteiger partial charge in [0.2, 0.25) is 0 Å². The van der Waals surface area contributed by atoms with Crippen LogP contribution in [0.25, 0.3) is 10.6 Å². The lowest BCUT2D eigenvalue weighted by molar-refractivity contribution is 0.881. The molecule has 2 N–H and O–H groups in total. The van der Waals surface area contributed by atoms with Crippen molar-refractivity contribution in [2.24, 2.45) is 0 Å². The second-order valence-electron chi connectivity index (χ2n) is 3.26. The lowest BCUT2D eigenvalue weighted by Gasteiger charge is -1.87. The summed E-state index contributed by atoms with van der Waals surface area (Å²) in [5, 5.41) is 22.9. The summed E-state index contributed by atoms with van der Waals surface area (Å²) in [7, 11) is 0. The quantitative estimate of drug-likeness (QED) is 0.711. The first kappa shape index (κ1) is 9.22. The molecule has 0 bridgehead atoms. The Morgan fingerprint density at radius 3 is 3.06 bits per heavy atom. The van der Waals surface area contributed by atoms with Gasteiger partial charge in [0.05, 0.1) is 11.3 Å². The SMILES string of the molecule is c1csc(-c2cc(Cc3nn[nH]n3)[nH]n2)c1. The van der Waals surface area contributed by atoms with E-state index in [0.717, 1.165) is 16.3 Å². The third-order valence-corrected chi connectivity index (χ3v) is 3.03. The van der Waals surface area contributed by atoms with Crippen LogP contribution in [0.1, 0.15) is 11.5 Å². The van der Waals surface area contributed by atoms with Crippen LogP contribution in [-0.2, 0) is 6.42 Å². The molecule has 0 fully saturated rings. The Morgan fingerprint density at radius 2 is 2.31 bits per heavy atom. The second-order valence-corrected chi connectivity index (χ2v) is 4.21. The third kappa shape index (κ3) is 1.72. The van der Waals surface area contributed by atoms with E-state index < -0.39 is 0 Å². The highest BCUT2D eigenvalue weighted by atomic mass is 32.1. The van der Waals surface area contributed by atoms with E-state index in [0.29, 0.717) is 12.2 Å². The van der Waals surface area contributed by atoms with E-state index in [-0.39, 0.29) is 0 Å². The molecule has 0 aliphatic rings. The van der Waals surface area contributed by atoms with Crippen LogP contribution in [-0.4, -0.2) is 30.8 Å². The molecule has 16 heavy (non-hydrogen) atoms. The number of nitrogens with one attached hydrogen (secondary N) is 2. The molecule has 0 radical (unpaired) electrons. The Bertz CT molecular complexity index is 553. The maximum Gasteiger partial charge on any atom is 0.180 e. The molecular formula is C9H8N6S. The number of nitrogens with zero attached hydrogens (tertiary/aromatic N) is 4. The molecule has 6 nitrogen and oxygen atoms in total. The lowest BCUT2D eigenvalue weighted by atomic mass is 10.2.